The third-order valence-electron chi connectivity index (χ3n) is 7.10. The van der Waals surface area contributed by atoms with E-state index in [-0.39, 0.29) is 30.8 Å². The van der Waals surface area contributed by atoms with Crippen LogP contribution in [0.1, 0.15) is 62.5 Å². The fourth-order valence-corrected chi connectivity index (χ4v) is 4.88. The summed E-state index contributed by atoms with van der Waals surface area (Å²) >= 11 is 0. The summed E-state index contributed by atoms with van der Waals surface area (Å²) < 4.78 is 5.63. The van der Waals surface area contributed by atoms with E-state index < -0.39 is 17.6 Å². The first-order chi connectivity index (χ1) is 16.4. The third-order valence-corrected chi connectivity index (χ3v) is 7.10. The highest BCUT2D eigenvalue weighted by atomic mass is 16.5. The van der Waals surface area contributed by atoms with Crippen molar-refractivity contribution in [3.63, 3.8) is 0 Å². The van der Waals surface area contributed by atoms with E-state index in [9.17, 15) is 14.4 Å². The number of rotatable bonds is 10. The molecule has 0 saturated heterocycles. The number of alkyl carbamates (subject to hydrolysis) is 1. The topological polar surface area (TPSA) is 105 Å². The molecule has 0 bridgehead atoms. The first-order valence-electron chi connectivity index (χ1n) is 12.0. The molecule has 0 heterocycles. The van der Waals surface area contributed by atoms with Gasteiger partial charge in [-0.2, -0.15) is 0 Å². The van der Waals surface area contributed by atoms with Gasteiger partial charge in [0.2, 0.25) is 5.91 Å². The Hall–Kier alpha value is -3.35. The van der Waals surface area contributed by atoms with E-state index in [2.05, 4.69) is 34.9 Å². The first kappa shape index (κ1) is 23.8. The molecule has 2 aromatic carbocycles. The molecule has 0 spiro atoms. The van der Waals surface area contributed by atoms with Crippen LogP contribution in [0.15, 0.2) is 48.5 Å². The van der Waals surface area contributed by atoms with Gasteiger partial charge in [-0.25, -0.2) is 4.79 Å². The summed E-state index contributed by atoms with van der Waals surface area (Å²) in [5, 5.41) is 14.5. The lowest BCUT2D eigenvalue weighted by molar-refractivity contribution is -0.137. The van der Waals surface area contributed by atoms with Gasteiger partial charge in [-0.15, -0.1) is 0 Å². The summed E-state index contributed by atoms with van der Waals surface area (Å²) in [6.07, 6.45) is 2.85. The molecule has 2 aliphatic rings. The molecule has 2 aliphatic carbocycles. The molecule has 1 saturated carbocycles. The molecule has 0 aliphatic heterocycles. The lowest BCUT2D eigenvalue weighted by Crippen LogP contribution is -2.63. The average molecular weight is 465 g/mol. The summed E-state index contributed by atoms with van der Waals surface area (Å²) in [5.41, 5.74) is 3.70. The van der Waals surface area contributed by atoms with Crippen LogP contribution in [0.2, 0.25) is 0 Å². The maximum absolute atomic E-state index is 12.8. The number of hydrogen-bond acceptors (Lipinski definition) is 4. The number of hydrogen-bond donors (Lipinski definition) is 3. The molecule has 1 atom stereocenters. The second-order valence-electron chi connectivity index (χ2n) is 9.47. The Balaban J connectivity index is 1.30. The highest BCUT2D eigenvalue weighted by Gasteiger charge is 2.46. The number of carboxylic acid groups (broad SMARTS) is 1. The fourth-order valence-electron chi connectivity index (χ4n) is 4.88. The van der Waals surface area contributed by atoms with E-state index in [0.717, 1.165) is 17.5 Å². The smallest absolute Gasteiger partial charge is 0.408 e. The quantitative estimate of drug-likeness (QED) is 0.482. The molecule has 1 unspecified atom stereocenters. The summed E-state index contributed by atoms with van der Waals surface area (Å²) in [7, 11) is 0. The lowest BCUT2D eigenvalue weighted by atomic mass is 9.76. The number of aliphatic carboxylic acids is 1. The Kier molecular flexibility index (Phi) is 7.20. The molecule has 0 radical (unpaired) electrons. The molecule has 7 heteroatoms. The van der Waals surface area contributed by atoms with Crippen LogP contribution in [0.4, 0.5) is 4.79 Å². The molecule has 3 N–H and O–H groups in total. The van der Waals surface area contributed by atoms with Crippen molar-refractivity contribution in [1.29, 1.82) is 0 Å². The van der Waals surface area contributed by atoms with Gasteiger partial charge in [-0.1, -0.05) is 55.5 Å². The van der Waals surface area contributed by atoms with E-state index in [1.807, 2.05) is 31.2 Å². The molecule has 2 aromatic rings. The predicted octanol–water partition coefficient (Wildman–Crippen LogP) is 4.46. The lowest BCUT2D eigenvalue weighted by Gasteiger charge is -2.40. The van der Waals surface area contributed by atoms with Crippen molar-refractivity contribution in [3.8, 4) is 11.1 Å². The van der Waals surface area contributed by atoms with Crippen molar-refractivity contribution in [1.82, 2.24) is 10.6 Å². The van der Waals surface area contributed by atoms with Crippen molar-refractivity contribution in [2.75, 3.05) is 13.2 Å². The monoisotopic (exact) mass is 464 g/mol. The zero-order valence-electron chi connectivity index (χ0n) is 19.5. The highest BCUT2D eigenvalue weighted by molar-refractivity contribution is 5.91. The van der Waals surface area contributed by atoms with Crippen LogP contribution in [0.5, 0.6) is 0 Å². The number of benzene rings is 2. The van der Waals surface area contributed by atoms with Crippen LogP contribution in [-0.2, 0) is 14.3 Å². The Morgan fingerprint density at radius 3 is 2.21 bits per heavy atom. The van der Waals surface area contributed by atoms with Gasteiger partial charge in [0.15, 0.2) is 0 Å². The minimum absolute atomic E-state index is 0.0309. The van der Waals surface area contributed by atoms with Crippen molar-refractivity contribution < 1.29 is 24.2 Å². The van der Waals surface area contributed by atoms with Gasteiger partial charge in [-0.05, 0) is 60.3 Å². The van der Waals surface area contributed by atoms with Crippen LogP contribution < -0.4 is 10.6 Å². The van der Waals surface area contributed by atoms with E-state index in [1.54, 1.807) is 0 Å². The van der Waals surface area contributed by atoms with Gasteiger partial charge in [0.05, 0.1) is 0 Å². The Morgan fingerprint density at radius 1 is 1.03 bits per heavy atom. The number of carbonyl (C=O) groups excluding carboxylic acids is 2. The molecule has 1 fully saturated rings. The zero-order chi connectivity index (χ0) is 24.1. The number of fused-ring (bicyclic) bond motifs is 3. The van der Waals surface area contributed by atoms with Gasteiger partial charge in [0, 0.05) is 18.9 Å². The van der Waals surface area contributed by atoms with Crippen molar-refractivity contribution in [2.45, 2.75) is 56.9 Å². The molecule has 0 aromatic heterocycles. The van der Waals surface area contributed by atoms with Crippen molar-refractivity contribution in [2.24, 2.45) is 5.92 Å². The van der Waals surface area contributed by atoms with Crippen LogP contribution in [0, 0.1) is 5.92 Å². The minimum atomic E-state index is -0.924. The molecular weight excluding hydrogens is 432 g/mol. The number of carbonyl (C=O) groups is 3. The maximum Gasteiger partial charge on any atom is 0.408 e. The van der Waals surface area contributed by atoms with E-state index in [4.69, 9.17) is 9.84 Å². The van der Waals surface area contributed by atoms with Crippen LogP contribution in [0.25, 0.3) is 11.1 Å². The van der Waals surface area contributed by atoms with Crippen molar-refractivity contribution >= 4 is 18.0 Å². The second kappa shape index (κ2) is 10.3. The van der Waals surface area contributed by atoms with E-state index in [1.165, 1.54) is 11.1 Å². The largest absolute Gasteiger partial charge is 0.481 e. The average Bonchev–Trinajstić information content (AvgIpc) is 3.12. The molecule has 7 nitrogen and oxygen atoms in total. The van der Waals surface area contributed by atoms with E-state index in [0.29, 0.717) is 32.2 Å². The second-order valence-corrected chi connectivity index (χ2v) is 9.47. The molecule has 34 heavy (non-hydrogen) atoms. The highest BCUT2D eigenvalue weighted by Crippen LogP contribution is 2.44. The van der Waals surface area contributed by atoms with Gasteiger partial charge >= 0.3 is 12.1 Å². The minimum Gasteiger partial charge on any atom is -0.481 e. The van der Waals surface area contributed by atoms with Crippen molar-refractivity contribution in [3.05, 3.63) is 59.7 Å². The van der Waals surface area contributed by atoms with Gasteiger partial charge in [0.1, 0.15) is 12.1 Å². The predicted molar refractivity (Wildman–Crippen MR) is 128 cm³/mol. The summed E-state index contributed by atoms with van der Waals surface area (Å²) in [6.45, 7) is 2.63. The zero-order valence-corrected chi connectivity index (χ0v) is 19.5. The fraction of sp³-hybridized carbons (Fsp3) is 0.444. The maximum atomic E-state index is 12.8. The number of ether oxygens (including phenoxy) is 1. The Bertz CT molecular complexity index is 1020. The molecular formula is C27H32N2O5. The SMILES string of the molecule is CC(CCNC(=O)C1(NC(=O)OCC2c3ccccc3-c3ccccc32)CCC1)CCC(=O)O. The standard InChI is InChI=1S/C27H32N2O5/c1-18(11-12-24(30)31)13-16-28-25(32)27(14-6-15-27)29-26(33)34-17-23-21-9-4-2-7-19(21)20-8-3-5-10-22(20)23/h2-5,7-10,18,23H,6,11-17H2,1H3,(H,28,32)(H,29,33)(H,30,31). The Labute approximate surface area is 199 Å². The van der Waals surface area contributed by atoms with Gasteiger partial charge < -0.3 is 20.5 Å². The number of amides is 2. The summed E-state index contributed by atoms with van der Waals surface area (Å²) in [5.74, 6) is -0.838. The molecule has 2 amide bonds. The van der Waals surface area contributed by atoms with Crippen LogP contribution in [0.3, 0.4) is 0 Å². The molecule has 4 rings (SSSR count). The number of carboxylic acids is 1. The summed E-state index contributed by atoms with van der Waals surface area (Å²) in [4.78, 5) is 36.2. The van der Waals surface area contributed by atoms with Crippen LogP contribution in [-0.4, -0.2) is 41.8 Å². The van der Waals surface area contributed by atoms with Crippen LogP contribution >= 0.6 is 0 Å². The normalized spacial score (nSPS) is 16.5. The Morgan fingerprint density at radius 2 is 1.65 bits per heavy atom. The summed E-state index contributed by atoms with van der Waals surface area (Å²) in [6, 6.07) is 16.3. The van der Waals surface area contributed by atoms with Gasteiger partial charge in [-0.3, -0.25) is 9.59 Å². The molecule has 180 valence electrons. The third kappa shape index (κ3) is 5.08. The first-order valence-corrected chi connectivity index (χ1v) is 12.0. The van der Waals surface area contributed by atoms with E-state index >= 15 is 0 Å². The van der Waals surface area contributed by atoms with Gasteiger partial charge in [0.25, 0.3) is 0 Å². The number of nitrogens with one attached hydrogen (secondary N) is 2.